The van der Waals surface area contributed by atoms with E-state index in [9.17, 15) is 9.18 Å². The molecule has 1 aliphatic heterocycles. The molecule has 1 aliphatic carbocycles. The second-order valence-electron chi connectivity index (χ2n) is 7.37. The third kappa shape index (κ3) is 4.44. The van der Waals surface area contributed by atoms with Gasteiger partial charge in [-0.05, 0) is 54.7 Å². The number of aryl methyl sites for hydroxylation is 1. The topological polar surface area (TPSA) is 44.8 Å². The molecule has 1 aromatic carbocycles. The number of thiophene rings is 1. The number of hydrogen-bond donors (Lipinski definition) is 1. The van der Waals surface area contributed by atoms with Crippen LogP contribution in [0.5, 0.6) is 0 Å². The van der Waals surface area contributed by atoms with E-state index in [2.05, 4.69) is 15.1 Å². The highest BCUT2D eigenvalue weighted by Crippen LogP contribution is 2.39. The number of esters is 1. The zero-order valence-electron chi connectivity index (χ0n) is 16.4. The molecule has 154 valence electrons. The number of fused-ring (bicyclic) bond motifs is 1. The summed E-state index contributed by atoms with van der Waals surface area (Å²) in [4.78, 5) is 18.1. The maximum absolute atomic E-state index is 13.1. The number of piperazine rings is 1. The standard InChI is InChI=1S/C21H24FN3O2S2/c1-27-20(26)18-16-3-2-4-17(16)29-19(18)23-21(28)25-11-9-24(10-12-25)13-14-5-7-15(22)8-6-14/h5-8H,2-4,9-13H2,1H3,(H,23,28). The molecule has 1 fully saturated rings. The highest BCUT2D eigenvalue weighted by atomic mass is 32.1. The molecule has 0 saturated carbocycles. The molecule has 0 spiro atoms. The molecule has 29 heavy (non-hydrogen) atoms. The number of halogens is 1. The van der Waals surface area contributed by atoms with Crippen LogP contribution in [0.4, 0.5) is 9.39 Å². The third-order valence-corrected chi connectivity index (χ3v) is 7.08. The van der Waals surface area contributed by atoms with Crippen LogP contribution >= 0.6 is 23.6 Å². The number of methoxy groups -OCH3 is 1. The number of nitrogens with one attached hydrogen (secondary N) is 1. The van der Waals surface area contributed by atoms with Crippen LogP contribution in [0, 0.1) is 5.82 Å². The lowest BCUT2D eigenvalue weighted by atomic mass is 10.1. The number of nitrogens with zero attached hydrogens (tertiary/aromatic N) is 2. The van der Waals surface area contributed by atoms with Crippen molar-refractivity contribution in [2.24, 2.45) is 0 Å². The van der Waals surface area contributed by atoms with Gasteiger partial charge in [-0.1, -0.05) is 12.1 Å². The van der Waals surface area contributed by atoms with Gasteiger partial charge < -0.3 is 15.0 Å². The summed E-state index contributed by atoms with van der Waals surface area (Å²) in [6.45, 7) is 4.18. The van der Waals surface area contributed by atoms with E-state index in [1.165, 1.54) is 24.1 Å². The van der Waals surface area contributed by atoms with Gasteiger partial charge in [-0.3, -0.25) is 4.90 Å². The maximum atomic E-state index is 13.1. The fourth-order valence-corrected chi connectivity index (χ4v) is 5.57. The number of hydrogen-bond acceptors (Lipinski definition) is 5. The Morgan fingerprint density at radius 1 is 1.21 bits per heavy atom. The van der Waals surface area contributed by atoms with Crippen LogP contribution in [0.15, 0.2) is 24.3 Å². The first-order valence-corrected chi connectivity index (χ1v) is 11.0. The molecule has 0 unspecified atom stereocenters. The quantitative estimate of drug-likeness (QED) is 0.586. The molecule has 1 aromatic heterocycles. The predicted molar refractivity (Wildman–Crippen MR) is 117 cm³/mol. The monoisotopic (exact) mass is 433 g/mol. The summed E-state index contributed by atoms with van der Waals surface area (Å²) in [5.74, 6) is -0.500. The van der Waals surface area contributed by atoms with E-state index >= 15 is 0 Å². The van der Waals surface area contributed by atoms with Crippen molar-refractivity contribution in [2.45, 2.75) is 25.8 Å². The Balaban J connectivity index is 1.36. The first kappa shape index (κ1) is 20.3. The van der Waals surface area contributed by atoms with E-state index < -0.39 is 0 Å². The number of anilines is 1. The molecular weight excluding hydrogens is 409 g/mol. The van der Waals surface area contributed by atoms with Crippen molar-refractivity contribution in [1.29, 1.82) is 0 Å². The van der Waals surface area contributed by atoms with Crippen molar-refractivity contribution in [3.8, 4) is 0 Å². The molecule has 4 rings (SSSR count). The van der Waals surface area contributed by atoms with Crippen LogP contribution in [-0.2, 0) is 24.1 Å². The summed E-state index contributed by atoms with van der Waals surface area (Å²) in [6, 6.07) is 6.67. The van der Waals surface area contributed by atoms with E-state index in [0.29, 0.717) is 10.7 Å². The van der Waals surface area contributed by atoms with E-state index in [-0.39, 0.29) is 11.8 Å². The van der Waals surface area contributed by atoms with Crippen LogP contribution in [0.3, 0.4) is 0 Å². The lowest BCUT2D eigenvalue weighted by molar-refractivity contribution is 0.0601. The molecule has 2 aromatic rings. The van der Waals surface area contributed by atoms with Crippen LogP contribution in [0.1, 0.15) is 32.8 Å². The second kappa shape index (κ2) is 8.77. The Morgan fingerprint density at radius 2 is 1.93 bits per heavy atom. The molecule has 0 atom stereocenters. The normalized spacial score (nSPS) is 16.6. The van der Waals surface area contributed by atoms with Crippen molar-refractivity contribution in [3.63, 3.8) is 0 Å². The van der Waals surface area contributed by atoms with E-state index in [4.69, 9.17) is 17.0 Å². The lowest BCUT2D eigenvalue weighted by Gasteiger charge is -2.36. The van der Waals surface area contributed by atoms with Gasteiger partial charge in [-0.25, -0.2) is 9.18 Å². The molecule has 8 heteroatoms. The molecule has 2 aliphatic rings. The highest BCUT2D eigenvalue weighted by Gasteiger charge is 2.28. The van der Waals surface area contributed by atoms with Gasteiger partial charge in [0, 0.05) is 37.6 Å². The Kier molecular flexibility index (Phi) is 6.12. The zero-order chi connectivity index (χ0) is 20.4. The fourth-order valence-electron chi connectivity index (χ4n) is 3.94. The Hall–Kier alpha value is -2.03. The van der Waals surface area contributed by atoms with Gasteiger partial charge in [0.1, 0.15) is 10.8 Å². The number of ether oxygens (including phenoxy) is 1. The second-order valence-corrected chi connectivity index (χ2v) is 8.86. The largest absolute Gasteiger partial charge is 0.465 e. The predicted octanol–water partition coefficient (Wildman–Crippen LogP) is 3.68. The van der Waals surface area contributed by atoms with Crippen LogP contribution < -0.4 is 5.32 Å². The van der Waals surface area contributed by atoms with E-state index in [1.54, 1.807) is 11.3 Å². The molecule has 0 amide bonds. The average Bonchev–Trinajstić information content (AvgIpc) is 3.30. The minimum Gasteiger partial charge on any atom is -0.465 e. The van der Waals surface area contributed by atoms with Crippen molar-refractivity contribution < 1.29 is 13.9 Å². The maximum Gasteiger partial charge on any atom is 0.341 e. The molecule has 1 saturated heterocycles. The summed E-state index contributed by atoms with van der Waals surface area (Å²) < 4.78 is 18.1. The SMILES string of the molecule is COC(=O)c1c(NC(=S)N2CCN(Cc3ccc(F)cc3)CC2)sc2c1CCC2. The summed E-state index contributed by atoms with van der Waals surface area (Å²) in [5.41, 5.74) is 2.88. The minimum atomic E-state index is -0.293. The van der Waals surface area contributed by atoms with Gasteiger partial charge in [-0.15, -0.1) is 11.3 Å². The van der Waals surface area contributed by atoms with Gasteiger partial charge in [0.05, 0.1) is 12.7 Å². The van der Waals surface area contributed by atoms with Crippen molar-refractivity contribution >= 4 is 39.6 Å². The third-order valence-electron chi connectivity index (χ3n) is 5.51. The van der Waals surface area contributed by atoms with Crippen molar-refractivity contribution in [3.05, 3.63) is 51.7 Å². The molecule has 5 nitrogen and oxygen atoms in total. The zero-order valence-corrected chi connectivity index (χ0v) is 18.0. The lowest BCUT2D eigenvalue weighted by Crippen LogP contribution is -2.49. The van der Waals surface area contributed by atoms with Crippen LogP contribution in [0.25, 0.3) is 0 Å². The van der Waals surface area contributed by atoms with Crippen molar-refractivity contribution in [1.82, 2.24) is 9.80 Å². The number of rotatable bonds is 4. The molecular formula is C21H24FN3O2S2. The highest BCUT2D eigenvalue weighted by molar-refractivity contribution is 7.80. The summed E-state index contributed by atoms with van der Waals surface area (Å²) in [5, 5.41) is 4.77. The average molecular weight is 434 g/mol. The molecule has 0 radical (unpaired) electrons. The number of carbonyl (C=O) groups is 1. The first-order valence-electron chi connectivity index (χ1n) is 9.80. The minimum absolute atomic E-state index is 0.208. The van der Waals surface area contributed by atoms with Crippen LogP contribution in [-0.4, -0.2) is 54.2 Å². The smallest absolute Gasteiger partial charge is 0.341 e. The van der Waals surface area contributed by atoms with Crippen molar-refractivity contribution in [2.75, 3.05) is 38.6 Å². The fraction of sp³-hybridized carbons (Fsp3) is 0.429. The summed E-state index contributed by atoms with van der Waals surface area (Å²) in [7, 11) is 1.42. The molecule has 1 N–H and O–H groups in total. The molecule has 0 bridgehead atoms. The van der Waals surface area contributed by atoms with Gasteiger partial charge in [0.15, 0.2) is 5.11 Å². The number of carbonyl (C=O) groups excluding carboxylic acids is 1. The van der Waals surface area contributed by atoms with Crippen LogP contribution in [0.2, 0.25) is 0 Å². The van der Waals surface area contributed by atoms with Gasteiger partial charge >= 0.3 is 5.97 Å². The first-order chi connectivity index (χ1) is 14.0. The Labute approximate surface area is 179 Å². The van der Waals surface area contributed by atoms with E-state index in [1.807, 2.05) is 12.1 Å². The Morgan fingerprint density at radius 3 is 2.62 bits per heavy atom. The van der Waals surface area contributed by atoms with Gasteiger partial charge in [-0.2, -0.15) is 0 Å². The number of benzene rings is 1. The summed E-state index contributed by atoms with van der Waals surface area (Å²) in [6.07, 6.45) is 3.03. The number of thiocarbonyl (C=S) groups is 1. The Bertz CT molecular complexity index is 905. The van der Waals surface area contributed by atoms with Gasteiger partial charge in [0.25, 0.3) is 0 Å². The summed E-state index contributed by atoms with van der Waals surface area (Å²) >= 11 is 7.26. The molecule has 2 heterocycles. The van der Waals surface area contributed by atoms with E-state index in [0.717, 1.165) is 68.1 Å². The van der Waals surface area contributed by atoms with Gasteiger partial charge in [0.2, 0.25) is 0 Å².